The van der Waals surface area contributed by atoms with Crippen molar-refractivity contribution in [1.82, 2.24) is 20.1 Å². The molecule has 2 N–H and O–H groups in total. The second kappa shape index (κ2) is 7.37. The molecule has 8 heteroatoms. The molecule has 0 unspecified atom stereocenters. The fourth-order valence-corrected chi connectivity index (χ4v) is 3.29. The molecule has 2 fully saturated rings. The van der Waals surface area contributed by atoms with Gasteiger partial charge in [-0.05, 0) is 19.8 Å². The van der Waals surface area contributed by atoms with Gasteiger partial charge in [0.2, 0.25) is 11.8 Å². The average molecular weight is 337 g/mol. The standard InChI is InChI=1S/C15H23N5O2S/c1-11-10-23-15(16-11)18-14(22)9-20-6-4-19(5-7-20)8-13(21)17-12-2-3-12/h10,12H,2-9H2,1H3,(H,17,21)(H,16,18,22). The third kappa shape index (κ3) is 5.26. The number of anilines is 1. The molecule has 2 aliphatic rings. The minimum Gasteiger partial charge on any atom is -0.352 e. The van der Waals surface area contributed by atoms with Crippen LogP contribution in [0.15, 0.2) is 5.38 Å². The number of aryl methyl sites for hydroxylation is 1. The van der Waals surface area contributed by atoms with E-state index in [0.29, 0.717) is 24.3 Å². The van der Waals surface area contributed by atoms with Crippen LogP contribution in [0.25, 0.3) is 0 Å². The maximum atomic E-state index is 12.0. The predicted octanol–water partition coefficient (Wildman–Crippen LogP) is 0.286. The highest BCUT2D eigenvalue weighted by molar-refractivity contribution is 7.13. The van der Waals surface area contributed by atoms with Crippen LogP contribution in [0.5, 0.6) is 0 Å². The maximum absolute atomic E-state index is 12.0. The molecule has 0 atom stereocenters. The number of piperazine rings is 1. The second-order valence-electron chi connectivity index (χ2n) is 6.24. The first-order chi connectivity index (χ1) is 11.1. The van der Waals surface area contributed by atoms with E-state index in [2.05, 4.69) is 25.4 Å². The summed E-state index contributed by atoms with van der Waals surface area (Å²) in [4.78, 5) is 32.3. The first-order valence-corrected chi connectivity index (χ1v) is 8.92. The van der Waals surface area contributed by atoms with Gasteiger partial charge >= 0.3 is 0 Å². The molecule has 1 saturated carbocycles. The molecule has 7 nitrogen and oxygen atoms in total. The zero-order chi connectivity index (χ0) is 16.2. The van der Waals surface area contributed by atoms with E-state index in [1.54, 1.807) is 0 Å². The van der Waals surface area contributed by atoms with Gasteiger partial charge in [0.05, 0.1) is 18.8 Å². The number of nitrogens with one attached hydrogen (secondary N) is 2. The molecule has 0 spiro atoms. The van der Waals surface area contributed by atoms with E-state index in [1.165, 1.54) is 11.3 Å². The molecule has 0 aromatic carbocycles. The third-order valence-electron chi connectivity index (χ3n) is 4.01. The molecular formula is C15H23N5O2S. The van der Waals surface area contributed by atoms with Gasteiger partial charge in [0.15, 0.2) is 5.13 Å². The van der Waals surface area contributed by atoms with Crippen molar-refractivity contribution in [2.75, 3.05) is 44.6 Å². The molecular weight excluding hydrogens is 314 g/mol. The highest BCUT2D eigenvalue weighted by Gasteiger charge is 2.25. The van der Waals surface area contributed by atoms with Crippen LogP contribution in [-0.4, -0.2) is 71.9 Å². The molecule has 1 saturated heterocycles. The summed E-state index contributed by atoms with van der Waals surface area (Å²) in [5, 5.41) is 8.41. The van der Waals surface area contributed by atoms with Gasteiger partial charge in [0.25, 0.3) is 0 Å². The van der Waals surface area contributed by atoms with E-state index < -0.39 is 0 Å². The molecule has 1 aromatic heterocycles. The highest BCUT2D eigenvalue weighted by atomic mass is 32.1. The molecule has 23 heavy (non-hydrogen) atoms. The zero-order valence-corrected chi connectivity index (χ0v) is 14.2. The van der Waals surface area contributed by atoms with Crippen molar-refractivity contribution in [3.8, 4) is 0 Å². The van der Waals surface area contributed by atoms with Gasteiger partial charge in [0, 0.05) is 37.6 Å². The summed E-state index contributed by atoms with van der Waals surface area (Å²) >= 11 is 1.44. The maximum Gasteiger partial charge on any atom is 0.240 e. The summed E-state index contributed by atoms with van der Waals surface area (Å²) in [6.45, 7) is 6.01. The summed E-state index contributed by atoms with van der Waals surface area (Å²) in [5.41, 5.74) is 0.920. The second-order valence-corrected chi connectivity index (χ2v) is 7.09. The number of amides is 2. The van der Waals surface area contributed by atoms with Crippen LogP contribution >= 0.6 is 11.3 Å². The Hall–Kier alpha value is -1.51. The fraction of sp³-hybridized carbons (Fsp3) is 0.667. The van der Waals surface area contributed by atoms with Crippen molar-refractivity contribution in [2.24, 2.45) is 0 Å². The lowest BCUT2D eigenvalue weighted by Gasteiger charge is -2.33. The molecule has 126 valence electrons. The molecule has 2 heterocycles. The summed E-state index contributed by atoms with van der Waals surface area (Å²) in [7, 11) is 0. The SMILES string of the molecule is Cc1csc(NC(=O)CN2CCN(CC(=O)NC3CC3)CC2)n1. The van der Waals surface area contributed by atoms with Crippen molar-refractivity contribution in [3.05, 3.63) is 11.1 Å². The Kier molecular flexibility index (Phi) is 5.24. The van der Waals surface area contributed by atoms with E-state index in [0.717, 1.165) is 44.7 Å². The van der Waals surface area contributed by atoms with Crippen LogP contribution in [0.4, 0.5) is 5.13 Å². The van der Waals surface area contributed by atoms with Crippen LogP contribution in [0.3, 0.4) is 0 Å². The Labute approximate surface area is 140 Å². The van der Waals surface area contributed by atoms with Gasteiger partial charge in [-0.2, -0.15) is 0 Å². The van der Waals surface area contributed by atoms with Crippen molar-refractivity contribution in [3.63, 3.8) is 0 Å². The smallest absolute Gasteiger partial charge is 0.240 e. The third-order valence-corrected chi connectivity index (χ3v) is 4.88. The quantitative estimate of drug-likeness (QED) is 0.780. The van der Waals surface area contributed by atoms with Gasteiger partial charge in [-0.25, -0.2) is 4.98 Å². The first kappa shape index (κ1) is 16.4. The molecule has 2 amide bonds. The number of hydrogen-bond donors (Lipinski definition) is 2. The minimum absolute atomic E-state index is 0.0284. The van der Waals surface area contributed by atoms with Crippen LogP contribution < -0.4 is 10.6 Å². The first-order valence-electron chi connectivity index (χ1n) is 8.04. The van der Waals surface area contributed by atoms with Crippen LogP contribution in [0.2, 0.25) is 0 Å². The van der Waals surface area contributed by atoms with Crippen molar-refractivity contribution >= 4 is 28.3 Å². The fourth-order valence-electron chi connectivity index (χ4n) is 2.58. The predicted molar refractivity (Wildman–Crippen MR) is 89.5 cm³/mol. The van der Waals surface area contributed by atoms with Crippen molar-refractivity contribution in [2.45, 2.75) is 25.8 Å². The molecule has 0 bridgehead atoms. The normalized spacial score (nSPS) is 19.5. The van der Waals surface area contributed by atoms with Crippen molar-refractivity contribution in [1.29, 1.82) is 0 Å². The summed E-state index contributed by atoms with van der Waals surface area (Å²) in [6, 6.07) is 0.419. The average Bonchev–Trinajstić information content (AvgIpc) is 3.22. The lowest BCUT2D eigenvalue weighted by Crippen LogP contribution is -2.51. The van der Waals surface area contributed by atoms with Crippen LogP contribution in [0.1, 0.15) is 18.5 Å². The number of hydrogen-bond acceptors (Lipinski definition) is 6. The molecule has 1 aromatic rings. The molecule has 0 radical (unpaired) electrons. The summed E-state index contributed by atoms with van der Waals surface area (Å²) in [6.07, 6.45) is 2.24. The number of carbonyl (C=O) groups is 2. The number of thiazole rings is 1. The van der Waals surface area contributed by atoms with E-state index in [1.807, 2.05) is 12.3 Å². The number of aromatic nitrogens is 1. The number of nitrogens with zero attached hydrogens (tertiary/aromatic N) is 3. The van der Waals surface area contributed by atoms with Crippen LogP contribution in [-0.2, 0) is 9.59 Å². The van der Waals surface area contributed by atoms with E-state index in [-0.39, 0.29) is 11.8 Å². The van der Waals surface area contributed by atoms with Gasteiger partial charge < -0.3 is 10.6 Å². The Balaban J connectivity index is 1.35. The number of carbonyl (C=O) groups excluding carboxylic acids is 2. The van der Waals surface area contributed by atoms with E-state index in [9.17, 15) is 9.59 Å². The number of rotatable bonds is 6. The Bertz CT molecular complexity index is 564. The van der Waals surface area contributed by atoms with Gasteiger partial charge in [-0.1, -0.05) is 0 Å². The van der Waals surface area contributed by atoms with Crippen molar-refractivity contribution < 1.29 is 9.59 Å². The Morgan fingerprint density at radius 2 is 1.78 bits per heavy atom. The Morgan fingerprint density at radius 1 is 1.17 bits per heavy atom. The Morgan fingerprint density at radius 3 is 2.30 bits per heavy atom. The summed E-state index contributed by atoms with van der Waals surface area (Å²) < 4.78 is 0. The van der Waals surface area contributed by atoms with Gasteiger partial charge in [-0.15, -0.1) is 11.3 Å². The van der Waals surface area contributed by atoms with E-state index >= 15 is 0 Å². The largest absolute Gasteiger partial charge is 0.352 e. The monoisotopic (exact) mass is 337 g/mol. The van der Waals surface area contributed by atoms with E-state index in [4.69, 9.17) is 0 Å². The summed E-state index contributed by atoms with van der Waals surface area (Å²) in [5.74, 6) is 0.0945. The molecule has 1 aliphatic carbocycles. The van der Waals surface area contributed by atoms with Crippen LogP contribution in [0, 0.1) is 6.92 Å². The topological polar surface area (TPSA) is 77.6 Å². The lowest BCUT2D eigenvalue weighted by molar-refractivity contribution is -0.123. The highest BCUT2D eigenvalue weighted by Crippen LogP contribution is 2.18. The van der Waals surface area contributed by atoms with Gasteiger partial charge in [0.1, 0.15) is 0 Å². The van der Waals surface area contributed by atoms with Gasteiger partial charge in [-0.3, -0.25) is 19.4 Å². The zero-order valence-electron chi connectivity index (χ0n) is 13.4. The molecule has 3 rings (SSSR count). The minimum atomic E-state index is -0.0284. The molecule has 1 aliphatic heterocycles. The lowest BCUT2D eigenvalue weighted by atomic mass is 10.3.